The van der Waals surface area contributed by atoms with E-state index in [4.69, 9.17) is 9.47 Å². The molecule has 2 aromatic rings. The Morgan fingerprint density at radius 1 is 1.13 bits per heavy atom. The summed E-state index contributed by atoms with van der Waals surface area (Å²) in [5.41, 5.74) is 1.99. The maximum Gasteiger partial charge on any atom is 0.253 e. The van der Waals surface area contributed by atoms with Gasteiger partial charge >= 0.3 is 0 Å². The first-order valence-electron chi connectivity index (χ1n) is 11.2. The van der Waals surface area contributed by atoms with Crippen molar-refractivity contribution < 1.29 is 14.3 Å². The van der Waals surface area contributed by atoms with Crippen LogP contribution in [0.1, 0.15) is 35.2 Å². The predicted octanol–water partition coefficient (Wildman–Crippen LogP) is 3.83. The topological polar surface area (TPSA) is 42.0 Å². The number of hydrogen-bond donors (Lipinski definition) is 0. The third-order valence-electron chi connectivity index (χ3n) is 7.55. The third kappa shape index (κ3) is 4.09. The van der Waals surface area contributed by atoms with Crippen LogP contribution in [-0.4, -0.2) is 69.3 Å². The summed E-state index contributed by atoms with van der Waals surface area (Å²) in [6.45, 7) is 2.03. The molecule has 1 aliphatic carbocycles. The average molecular weight is 423 g/mol. The van der Waals surface area contributed by atoms with Crippen molar-refractivity contribution in [2.24, 2.45) is 5.92 Å². The Kier molecular flexibility index (Phi) is 6.35. The summed E-state index contributed by atoms with van der Waals surface area (Å²) >= 11 is 0. The minimum Gasteiger partial charge on any atom is -0.497 e. The second-order valence-corrected chi connectivity index (χ2v) is 9.16. The molecule has 0 bridgehead atoms. The lowest BCUT2D eigenvalue weighted by Crippen LogP contribution is -2.61. The summed E-state index contributed by atoms with van der Waals surface area (Å²) in [6, 6.07) is 18.2. The van der Waals surface area contributed by atoms with Gasteiger partial charge < -0.3 is 19.3 Å². The zero-order valence-electron chi connectivity index (χ0n) is 19.1. The van der Waals surface area contributed by atoms with Gasteiger partial charge in [-0.2, -0.15) is 0 Å². The number of nitrogens with zero attached hydrogens (tertiary/aromatic N) is 2. The molecule has 1 aliphatic heterocycles. The molecule has 166 valence electrons. The Morgan fingerprint density at radius 3 is 2.61 bits per heavy atom. The van der Waals surface area contributed by atoms with Crippen molar-refractivity contribution in [1.82, 2.24) is 9.80 Å². The van der Waals surface area contributed by atoms with E-state index in [1.54, 1.807) is 7.11 Å². The zero-order chi connectivity index (χ0) is 22.0. The fourth-order valence-corrected chi connectivity index (χ4v) is 5.76. The molecule has 0 N–H and O–H groups in total. The molecular formula is C26H34N2O3. The number of likely N-dealkylation sites (tertiary alicyclic amines) is 1. The number of benzene rings is 2. The molecule has 1 saturated carbocycles. The quantitative estimate of drug-likeness (QED) is 0.734. The van der Waals surface area contributed by atoms with Gasteiger partial charge in [0.2, 0.25) is 0 Å². The molecule has 1 amide bonds. The highest BCUT2D eigenvalue weighted by atomic mass is 16.5. The number of rotatable bonds is 5. The number of hydrogen-bond acceptors (Lipinski definition) is 4. The van der Waals surface area contributed by atoms with Crippen LogP contribution in [0.25, 0.3) is 0 Å². The summed E-state index contributed by atoms with van der Waals surface area (Å²) in [7, 11) is 7.68. The summed E-state index contributed by atoms with van der Waals surface area (Å²) < 4.78 is 11.6. The van der Waals surface area contributed by atoms with E-state index in [0.29, 0.717) is 5.92 Å². The first kappa shape index (κ1) is 21.8. The van der Waals surface area contributed by atoms with E-state index in [-0.39, 0.29) is 23.5 Å². The van der Waals surface area contributed by atoms with Gasteiger partial charge in [0.05, 0.1) is 13.2 Å². The van der Waals surface area contributed by atoms with Gasteiger partial charge in [0.15, 0.2) is 0 Å². The molecule has 31 heavy (non-hydrogen) atoms. The molecule has 4 unspecified atom stereocenters. The van der Waals surface area contributed by atoms with E-state index in [0.717, 1.165) is 43.7 Å². The number of methoxy groups -OCH3 is 2. The molecule has 1 heterocycles. The van der Waals surface area contributed by atoms with Crippen LogP contribution in [0.2, 0.25) is 0 Å². The van der Waals surface area contributed by atoms with E-state index in [9.17, 15) is 4.79 Å². The number of piperidine rings is 1. The second kappa shape index (κ2) is 9.01. The third-order valence-corrected chi connectivity index (χ3v) is 7.55. The molecule has 0 spiro atoms. The Morgan fingerprint density at radius 2 is 1.90 bits per heavy atom. The normalized spacial score (nSPS) is 28.6. The van der Waals surface area contributed by atoms with E-state index in [1.807, 2.05) is 55.5 Å². The van der Waals surface area contributed by atoms with Gasteiger partial charge in [0.1, 0.15) is 5.75 Å². The van der Waals surface area contributed by atoms with Gasteiger partial charge in [0.25, 0.3) is 5.91 Å². The molecule has 0 radical (unpaired) electrons. The number of carbonyl (C=O) groups is 1. The van der Waals surface area contributed by atoms with Gasteiger partial charge in [-0.25, -0.2) is 0 Å². The van der Waals surface area contributed by atoms with Gasteiger partial charge in [-0.1, -0.05) is 30.3 Å². The minimum absolute atomic E-state index is 0.0458. The largest absolute Gasteiger partial charge is 0.497 e. The molecule has 4 rings (SSSR count). The monoisotopic (exact) mass is 422 g/mol. The van der Waals surface area contributed by atoms with Crippen LogP contribution in [0.4, 0.5) is 0 Å². The molecule has 4 atom stereocenters. The van der Waals surface area contributed by atoms with Crippen molar-refractivity contribution in [2.45, 2.75) is 36.8 Å². The lowest BCUT2D eigenvalue weighted by Gasteiger charge is -2.56. The molecule has 5 nitrogen and oxygen atoms in total. The van der Waals surface area contributed by atoms with E-state index < -0.39 is 0 Å². The summed E-state index contributed by atoms with van der Waals surface area (Å²) in [5.74, 6) is 1.34. The Hall–Kier alpha value is -2.37. The highest BCUT2D eigenvalue weighted by Crippen LogP contribution is 2.51. The maximum absolute atomic E-state index is 13.2. The Balaban J connectivity index is 1.71. The van der Waals surface area contributed by atoms with Crippen molar-refractivity contribution in [3.05, 3.63) is 65.7 Å². The van der Waals surface area contributed by atoms with Gasteiger partial charge in [-0.3, -0.25) is 4.79 Å². The van der Waals surface area contributed by atoms with Gasteiger partial charge in [-0.15, -0.1) is 0 Å². The fraction of sp³-hybridized carbons (Fsp3) is 0.500. The minimum atomic E-state index is -0.0458. The maximum atomic E-state index is 13.2. The predicted molar refractivity (Wildman–Crippen MR) is 123 cm³/mol. The zero-order valence-corrected chi connectivity index (χ0v) is 19.1. The van der Waals surface area contributed by atoms with Crippen molar-refractivity contribution >= 4 is 5.91 Å². The standard InChI is InChI=1S/C26H34N2O3/c1-27-14-13-26(20-11-8-12-22(15-20)30-3)17-21(16-24(31-4)23(26)18-27)28(2)25(29)19-9-6-5-7-10-19/h5-12,15,21,23-24H,13-14,16-18H2,1-4H3. The van der Waals surface area contributed by atoms with E-state index in [1.165, 1.54) is 5.56 Å². The van der Waals surface area contributed by atoms with Crippen molar-refractivity contribution in [3.8, 4) is 5.75 Å². The molecule has 1 saturated heterocycles. The molecule has 2 aliphatic rings. The van der Waals surface area contributed by atoms with Crippen LogP contribution in [0.3, 0.4) is 0 Å². The second-order valence-electron chi connectivity index (χ2n) is 9.16. The number of fused-ring (bicyclic) bond motifs is 1. The van der Waals surface area contributed by atoms with Crippen LogP contribution in [0, 0.1) is 5.92 Å². The van der Waals surface area contributed by atoms with Gasteiger partial charge in [0, 0.05) is 43.6 Å². The average Bonchev–Trinajstić information content (AvgIpc) is 2.83. The van der Waals surface area contributed by atoms with Gasteiger partial charge in [-0.05, 0) is 62.7 Å². The molecule has 5 heteroatoms. The smallest absolute Gasteiger partial charge is 0.253 e. The van der Waals surface area contributed by atoms with E-state index >= 15 is 0 Å². The number of ether oxygens (including phenoxy) is 2. The number of carbonyl (C=O) groups excluding carboxylic acids is 1. The molecule has 2 fully saturated rings. The van der Waals surface area contributed by atoms with Crippen LogP contribution in [0.5, 0.6) is 5.75 Å². The molecule has 0 aromatic heterocycles. The number of amides is 1. The van der Waals surface area contributed by atoms with Crippen molar-refractivity contribution in [3.63, 3.8) is 0 Å². The van der Waals surface area contributed by atoms with Crippen LogP contribution < -0.4 is 4.74 Å². The summed E-state index contributed by atoms with van der Waals surface area (Å²) in [4.78, 5) is 17.6. The lowest BCUT2D eigenvalue weighted by atomic mass is 9.56. The lowest BCUT2D eigenvalue weighted by molar-refractivity contribution is -0.0751. The van der Waals surface area contributed by atoms with Crippen LogP contribution >= 0.6 is 0 Å². The van der Waals surface area contributed by atoms with Crippen LogP contribution in [0.15, 0.2) is 54.6 Å². The van der Waals surface area contributed by atoms with Crippen molar-refractivity contribution in [2.75, 3.05) is 41.4 Å². The Bertz CT molecular complexity index is 903. The highest BCUT2D eigenvalue weighted by molar-refractivity contribution is 5.94. The first-order chi connectivity index (χ1) is 15.0. The van der Waals surface area contributed by atoms with Crippen LogP contribution in [-0.2, 0) is 10.2 Å². The summed E-state index contributed by atoms with van der Waals surface area (Å²) in [5, 5.41) is 0. The Labute approximate surface area is 185 Å². The summed E-state index contributed by atoms with van der Waals surface area (Å²) in [6.07, 6.45) is 2.94. The van der Waals surface area contributed by atoms with Crippen molar-refractivity contribution in [1.29, 1.82) is 0 Å². The fourth-order valence-electron chi connectivity index (χ4n) is 5.76. The molecular weight excluding hydrogens is 388 g/mol. The SMILES string of the molecule is COc1cccc(C23CCN(C)CC2C(OC)CC(N(C)C(=O)c2ccccc2)C3)c1. The highest BCUT2D eigenvalue weighted by Gasteiger charge is 2.53. The first-order valence-corrected chi connectivity index (χ1v) is 11.2. The molecule has 2 aromatic carbocycles. The van der Waals surface area contributed by atoms with E-state index in [2.05, 4.69) is 30.1 Å².